The fourth-order valence-corrected chi connectivity index (χ4v) is 3.83. The van der Waals surface area contributed by atoms with Crippen LogP contribution in [0.1, 0.15) is 4.88 Å². The first kappa shape index (κ1) is 20.2. The standard InChI is InChI=1S/C20H15N5O5S/c26-17(22-13-4-1-5-14(10-13)25(29)30)12-23-16-7-2-8-21-18(16)19(27)24(20(23)28)11-15-6-3-9-31-15/h1-10H,11-12H2,(H,22,26). The van der Waals surface area contributed by atoms with E-state index in [4.69, 9.17) is 0 Å². The van der Waals surface area contributed by atoms with Gasteiger partial charge in [0.25, 0.3) is 11.2 Å². The molecular weight excluding hydrogens is 422 g/mol. The Kier molecular flexibility index (Phi) is 5.41. The lowest BCUT2D eigenvalue weighted by Gasteiger charge is -2.13. The summed E-state index contributed by atoms with van der Waals surface area (Å²) in [6.45, 7) is -0.331. The number of non-ortho nitro benzene ring substituents is 1. The predicted octanol–water partition coefficient (Wildman–Crippen LogP) is 2.21. The Morgan fingerprint density at radius 1 is 1.13 bits per heavy atom. The van der Waals surface area contributed by atoms with Crippen LogP contribution in [0.15, 0.2) is 69.7 Å². The lowest BCUT2D eigenvalue weighted by atomic mass is 10.3. The van der Waals surface area contributed by atoms with Crippen molar-refractivity contribution in [2.75, 3.05) is 5.32 Å². The summed E-state index contributed by atoms with van der Waals surface area (Å²) in [4.78, 5) is 53.8. The van der Waals surface area contributed by atoms with Gasteiger partial charge in [-0.25, -0.2) is 9.78 Å². The van der Waals surface area contributed by atoms with Crippen molar-refractivity contribution in [3.05, 3.63) is 95.9 Å². The highest BCUT2D eigenvalue weighted by molar-refractivity contribution is 7.09. The molecule has 11 heteroatoms. The number of carbonyl (C=O) groups is 1. The number of aromatic nitrogens is 3. The molecule has 0 unspecified atom stereocenters. The molecule has 3 aromatic heterocycles. The van der Waals surface area contributed by atoms with E-state index >= 15 is 0 Å². The van der Waals surface area contributed by atoms with Crippen LogP contribution in [0.25, 0.3) is 11.0 Å². The molecule has 0 saturated heterocycles. The van der Waals surface area contributed by atoms with Gasteiger partial charge in [-0.1, -0.05) is 12.1 Å². The van der Waals surface area contributed by atoms with Crippen molar-refractivity contribution < 1.29 is 9.72 Å². The van der Waals surface area contributed by atoms with Gasteiger partial charge < -0.3 is 5.32 Å². The van der Waals surface area contributed by atoms with Gasteiger partial charge in [0.1, 0.15) is 6.54 Å². The molecular formula is C20H15N5O5S. The highest BCUT2D eigenvalue weighted by Gasteiger charge is 2.17. The van der Waals surface area contributed by atoms with Crippen molar-refractivity contribution in [2.45, 2.75) is 13.1 Å². The number of hydrogen-bond donors (Lipinski definition) is 1. The zero-order chi connectivity index (χ0) is 22.0. The van der Waals surface area contributed by atoms with Crippen LogP contribution in [-0.2, 0) is 17.9 Å². The van der Waals surface area contributed by atoms with Crippen molar-refractivity contribution in [3.8, 4) is 0 Å². The van der Waals surface area contributed by atoms with Gasteiger partial charge in [0.15, 0.2) is 5.52 Å². The highest BCUT2D eigenvalue weighted by atomic mass is 32.1. The fourth-order valence-electron chi connectivity index (χ4n) is 3.13. The minimum Gasteiger partial charge on any atom is -0.324 e. The number of nitro groups is 1. The molecule has 0 saturated carbocycles. The van der Waals surface area contributed by atoms with Crippen molar-refractivity contribution in [3.63, 3.8) is 0 Å². The van der Waals surface area contributed by atoms with Gasteiger partial charge in [-0.2, -0.15) is 0 Å². The Morgan fingerprint density at radius 3 is 2.71 bits per heavy atom. The van der Waals surface area contributed by atoms with E-state index in [1.165, 1.54) is 46.4 Å². The highest BCUT2D eigenvalue weighted by Crippen LogP contribution is 2.17. The van der Waals surface area contributed by atoms with E-state index in [2.05, 4.69) is 10.3 Å². The van der Waals surface area contributed by atoms with Crippen LogP contribution in [0.2, 0.25) is 0 Å². The number of hydrogen-bond acceptors (Lipinski definition) is 7. The van der Waals surface area contributed by atoms with Crippen LogP contribution >= 0.6 is 11.3 Å². The number of benzene rings is 1. The van der Waals surface area contributed by atoms with Crippen molar-refractivity contribution in [1.82, 2.24) is 14.1 Å². The average molecular weight is 437 g/mol. The lowest BCUT2D eigenvalue weighted by Crippen LogP contribution is -2.42. The third kappa shape index (κ3) is 4.12. The van der Waals surface area contributed by atoms with Gasteiger partial charge in [0.05, 0.1) is 17.0 Å². The first-order valence-electron chi connectivity index (χ1n) is 9.09. The molecule has 1 amide bonds. The molecule has 4 rings (SSSR count). The summed E-state index contributed by atoms with van der Waals surface area (Å²) < 4.78 is 2.21. The fraction of sp³-hybridized carbons (Fsp3) is 0.100. The lowest BCUT2D eigenvalue weighted by molar-refractivity contribution is -0.384. The van der Waals surface area contributed by atoms with E-state index in [9.17, 15) is 24.5 Å². The predicted molar refractivity (Wildman–Crippen MR) is 115 cm³/mol. The summed E-state index contributed by atoms with van der Waals surface area (Å²) in [6, 6.07) is 12.2. The molecule has 10 nitrogen and oxygen atoms in total. The van der Waals surface area contributed by atoms with Gasteiger partial charge in [0, 0.05) is 28.9 Å². The van der Waals surface area contributed by atoms with Crippen LogP contribution in [0, 0.1) is 10.1 Å². The minimum absolute atomic E-state index is 0.0638. The first-order chi connectivity index (χ1) is 14.9. The van der Waals surface area contributed by atoms with Gasteiger partial charge in [-0.05, 0) is 29.6 Å². The smallest absolute Gasteiger partial charge is 0.324 e. The zero-order valence-electron chi connectivity index (χ0n) is 15.9. The van der Waals surface area contributed by atoms with E-state index < -0.39 is 28.6 Å². The second-order valence-electron chi connectivity index (χ2n) is 6.57. The number of fused-ring (bicyclic) bond motifs is 1. The van der Waals surface area contributed by atoms with Crippen molar-refractivity contribution >= 4 is 39.7 Å². The molecule has 0 aliphatic heterocycles. The number of rotatable bonds is 6. The molecule has 0 bridgehead atoms. The number of nitrogens with zero attached hydrogens (tertiary/aromatic N) is 4. The van der Waals surface area contributed by atoms with Gasteiger partial charge in [-0.3, -0.25) is 28.8 Å². The number of carbonyl (C=O) groups excluding carboxylic acids is 1. The summed E-state index contributed by atoms with van der Waals surface area (Å²) in [6.07, 6.45) is 1.44. The van der Waals surface area contributed by atoms with E-state index in [1.807, 2.05) is 11.4 Å². The Morgan fingerprint density at radius 2 is 1.97 bits per heavy atom. The Bertz CT molecular complexity index is 1410. The molecule has 0 aliphatic rings. The Balaban J connectivity index is 1.72. The van der Waals surface area contributed by atoms with E-state index in [-0.39, 0.29) is 29.0 Å². The number of thiophene rings is 1. The van der Waals surface area contributed by atoms with Gasteiger partial charge in [0.2, 0.25) is 5.91 Å². The summed E-state index contributed by atoms with van der Waals surface area (Å²) in [5, 5.41) is 15.3. The second-order valence-corrected chi connectivity index (χ2v) is 7.60. The summed E-state index contributed by atoms with van der Waals surface area (Å²) in [5.74, 6) is -0.575. The summed E-state index contributed by atoms with van der Waals surface area (Å²) in [7, 11) is 0. The summed E-state index contributed by atoms with van der Waals surface area (Å²) >= 11 is 1.40. The van der Waals surface area contributed by atoms with Crippen molar-refractivity contribution in [2.24, 2.45) is 0 Å². The molecule has 0 spiro atoms. The number of nitrogens with one attached hydrogen (secondary N) is 1. The number of nitro benzene ring substituents is 1. The molecule has 31 heavy (non-hydrogen) atoms. The number of pyridine rings is 1. The molecule has 0 radical (unpaired) electrons. The summed E-state index contributed by atoms with van der Waals surface area (Å²) in [5.41, 5.74) is -0.830. The minimum atomic E-state index is -0.645. The van der Waals surface area contributed by atoms with Crippen LogP contribution in [0.4, 0.5) is 11.4 Å². The molecule has 1 N–H and O–H groups in total. The van der Waals surface area contributed by atoms with E-state index in [0.717, 1.165) is 9.44 Å². The maximum Gasteiger partial charge on any atom is 0.332 e. The maximum absolute atomic E-state index is 13.1. The van der Waals surface area contributed by atoms with Crippen molar-refractivity contribution in [1.29, 1.82) is 0 Å². The Hall–Kier alpha value is -4.12. The van der Waals surface area contributed by atoms with E-state index in [1.54, 1.807) is 18.2 Å². The molecule has 4 aromatic rings. The number of amides is 1. The molecule has 1 aromatic carbocycles. The quantitative estimate of drug-likeness (QED) is 0.364. The molecule has 3 heterocycles. The molecule has 0 fully saturated rings. The third-order valence-corrected chi connectivity index (χ3v) is 5.38. The first-order valence-corrected chi connectivity index (χ1v) is 9.97. The number of anilines is 1. The van der Waals surface area contributed by atoms with Gasteiger partial charge in [-0.15, -0.1) is 11.3 Å². The normalized spacial score (nSPS) is 10.8. The van der Waals surface area contributed by atoms with Crippen LogP contribution in [0.3, 0.4) is 0 Å². The largest absolute Gasteiger partial charge is 0.332 e. The SMILES string of the molecule is O=C(Cn1c(=O)n(Cc2cccs2)c(=O)c2ncccc21)Nc1cccc([N+](=O)[O-])c1. The monoisotopic (exact) mass is 437 g/mol. The molecule has 0 atom stereocenters. The zero-order valence-corrected chi connectivity index (χ0v) is 16.7. The third-order valence-electron chi connectivity index (χ3n) is 4.52. The average Bonchev–Trinajstić information content (AvgIpc) is 3.27. The van der Waals surface area contributed by atoms with Crippen LogP contribution in [-0.4, -0.2) is 24.9 Å². The maximum atomic E-state index is 13.1. The van der Waals surface area contributed by atoms with Crippen LogP contribution in [0.5, 0.6) is 0 Å². The molecule has 156 valence electrons. The van der Waals surface area contributed by atoms with Crippen LogP contribution < -0.4 is 16.6 Å². The second kappa shape index (κ2) is 8.32. The van der Waals surface area contributed by atoms with E-state index in [0.29, 0.717) is 0 Å². The molecule has 0 aliphatic carbocycles. The van der Waals surface area contributed by atoms with Gasteiger partial charge >= 0.3 is 5.69 Å². The Labute approximate surface area is 178 Å². The topological polar surface area (TPSA) is 129 Å².